The van der Waals surface area contributed by atoms with Crippen molar-refractivity contribution >= 4 is 46.5 Å². The fourth-order valence-corrected chi connectivity index (χ4v) is 2.97. The summed E-state index contributed by atoms with van der Waals surface area (Å²) in [7, 11) is 1.58. The summed E-state index contributed by atoms with van der Waals surface area (Å²) in [5.74, 6) is 0.618. The molecule has 1 aromatic heterocycles. The third-order valence-electron chi connectivity index (χ3n) is 3.05. The van der Waals surface area contributed by atoms with Crippen molar-refractivity contribution in [3.8, 4) is 11.4 Å². The number of rotatable bonds is 2. The minimum Gasteiger partial charge on any atom is -0.495 e. The third kappa shape index (κ3) is 2.10. The van der Waals surface area contributed by atoms with E-state index < -0.39 is 0 Å². The molecule has 0 aliphatic carbocycles. The van der Waals surface area contributed by atoms with Crippen LogP contribution in [0, 0.1) is 4.77 Å². The predicted octanol–water partition coefficient (Wildman–Crippen LogP) is 5.00. The van der Waals surface area contributed by atoms with Crippen LogP contribution in [0.4, 0.5) is 0 Å². The van der Waals surface area contributed by atoms with Crippen LogP contribution in [-0.4, -0.2) is 16.7 Å². The first-order chi connectivity index (χ1) is 9.61. The lowest BCUT2D eigenvalue weighted by Crippen LogP contribution is -1.95. The van der Waals surface area contributed by atoms with Crippen LogP contribution < -0.4 is 4.74 Å². The molecule has 0 amide bonds. The average Bonchev–Trinajstić information content (AvgIpc) is 2.76. The highest BCUT2D eigenvalue weighted by Gasteiger charge is 2.11. The monoisotopic (exact) mass is 324 g/mol. The Bertz CT molecular complexity index is 854. The number of methoxy groups -OCH3 is 1. The van der Waals surface area contributed by atoms with Gasteiger partial charge in [-0.1, -0.05) is 29.3 Å². The molecule has 0 bridgehead atoms. The SMILES string of the molecule is COc1ccc(-n2c(=S)[nH]c3cccc(Cl)c32)cc1Cl. The van der Waals surface area contributed by atoms with E-state index in [4.69, 9.17) is 40.2 Å². The van der Waals surface area contributed by atoms with E-state index in [0.29, 0.717) is 20.6 Å². The van der Waals surface area contributed by atoms with Gasteiger partial charge in [-0.3, -0.25) is 4.57 Å². The van der Waals surface area contributed by atoms with Crippen LogP contribution in [0.3, 0.4) is 0 Å². The van der Waals surface area contributed by atoms with Gasteiger partial charge in [0.05, 0.1) is 33.9 Å². The van der Waals surface area contributed by atoms with Crippen LogP contribution in [0.1, 0.15) is 0 Å². The number of ether oxygens (including phenoxy) is 1. The Morgan fingerprint density at radius 3 is 2.65 bits per heavy atom. The van der Waals surface area contributed by atoms with Crippen LogP contribution in [0.25, 0.3) is 16.7 Å². The summed E-state index contributed by atoms with van der Waals surface area (Å²) >= 11 is 17.8. The lowest BCUT2D eigenvalue weighted by atomic mass is 10.2. The molecule has 3 nitrogen and oxygen atoms in total. The van der Waals surface area contributed by atoms with Gasteiger partial charge in [0.1, 0.15) is 5.75 Å². The Balaban J connectivity index is 2.32. The van der Waals surface area contributed by atoms with Gasteiger partial charge < -0.3 is 9.72 Å². The number of hydrogen-bond acceptors (Lipinski definition) is 2. The zero-order chi connectivity index (χ0) is 14.3. The smallest absolute Gasteiger partial charge is 0.182 e. The Morgan fingerprint density at radius 1 is 1.15 bits per heavy atom. The Kier molecular flexibility index (Phi) is 3.46. The second-order valence-corrected chi connectivity index (χ2v) is 5.42. The molecule has 1 N–H and O–H groups in total. The molecule has 1 heterocycles. The maximum atomic E-state index is 6.28. The lowest BCUT2D eigenvalue weighted by molar-refractivity contribution is 0.415. The molecule has 2 aromatic carbocycles. The van der Waals surface area contributed by atoms with Gasteiger partial charge in [-0.15, -0.1) is 0 Å². The fraction of sp³-hybridized carbons (Fsp3) is 0.0714. The normalized spacial score (nSPS) is 10.9. The molecule has 0 saturated heterocycles. The van der Waals surface area contributed by atoms with Gasteiger partial charge in [0, 0.05) is 0 Å². The van der Waals surface area contributed by atoms with Crippen LogP contribution in [0.2, 0.25) is 10.0 Å². The van der Waals surface area contributed by atoms with Crippen molar-refractivity contribution in [2.24, 2.45) is 0 Å². The first kappa shape index (κ1) is 13.5. The largest absolute Gasteiger partial charge is 0.495 e. The van der Waals surface area contributed by atoms with Crippen molar-refractivity contribution in [2.45, 2.75) is 0 Å². The zero-order valence-electron chi connectivity index (χ0n) is 10.5. The number of fused-ring (bicyclic) bond motifs is 1. The minimum absolute atomic E-state index is 0.522. The van der Waals surface area contributed by atoms with Gasteiger partial charge in [0.15, 0.2) is 4.77 Å². The van der Waals surface area contributed by atoms with E-state index in [1.165, 1.54) is 0 Å². The molecule has 6 heteroatoms. The van der Waals surface area contributed by atoms with E-state index in [2.05, 4.69) is 4.98 Å². The van der Waals surface area contributed by atoms with E-state index in [9.17, 15) is 0 Å². The van der Waals surface area contributed by atoms with Crippen LogP contribution in [0.5, 0.6) is 5.75 Å². The second-order valence-electron chi connectivity index (χ2n) is 4.22. The third-order valence-corrected chi connectivity index (χ3v) is 3.93. The summed E-state index contributed by atoms with van der Waals surface area (Å²) in [6.07, 6.45) is 0. The van der Waals surface area contributed by atoms with E-state index in [-0.39, 0.29) is 0 Å². The molecular weight excluding hydrogens is 315 g/mol. The highest BCUT2D eigenvalue weighted by Crippen LogP contribution is 2.30. The molecule has 0 atom stereocenters. The molecule has 0 aliphatic heterocycles. The molecule has 0 aliphatic rings. The molecule has 102 valence electrons. The van der Waals surface area contributed by atoms with E-state index in [1.54, 1.807) is 19.2 Å². The van der Waals surface area contributed by atoms with Crippen molar-refractivity contribution in [2.75, 3.05) is 7.11 Å². The second kappa shape index (κ2) is 5.13. The minimum atomic E-state index is 0.522. The van der Waals surface area contributed by atoms with Crippen molar-refractivity contribution in [3.63, 3.8) is 0 Å². The van der Waals surface area contributed by atoms with Crippen LogP contribution in [0.15, 0.2) is 36.4 Å². The van der Waals surface area contributed by atoms with Gasteiger partial charge >= 0.3 is 0 Å². The first-order valence-electron chi connectivity index (χ1n) is 5.85. The van der Waals surface area contributed by atoms with Gasteiger partial charge in [-0.2, -0.15) is 0 Å². The van der Waals surface area contributed by atoms with Gasteiger partial charge in [-0.25, -0.2) is 0 Å². The summed E-state index contributed by atoms with van der Waals surface area (Å²) in [4.78, 5) is 3.13. The quantitative estimate of drug-likeness (QED) is 0.672. The van der Waals surface area contributed by atoms with Crippen LogP contribution in [-0.2, 0) is 0 Å². The lowest BCUT2D eigenvalue weighted by Gasteiger charge is -2.08. The standard InChI is InChI=1S/C14H10Cl2N2OS/c1-19-12-6-5-8(7-10(12)16)18-13-9(15)3-2-4-11(13)17-14(18)20/h2-7H,1H3,(H,17,20). The molecule has 0 fully saturated rings. The van der Waals surface area contributed by atoms with Crippen molar-refractivity contribution in [1.29, 1.82) is 0 Å². The molecule has 3 aromatic rings. The molecule has 0 radical (unpaired) electrons. The summed E-state index contributed by atoms with van der Waals surface area (Å²) in [5.41, 5.74) is 2.55. The molecule has 0 unspecified atom stereocenters. The van der Waals surface area contributed by atoms with Crippen molar-refractivity contribution in [3.05, 3.63) is 51.2 Å². The summed E-state index contributed by atoms with van der Waals surface area (Å²) in [5, 5.41) is 1.15. The molecule has 20 heavy (non-hydrogen) atoms. The Labute approximate surface area is 130 Å². The predicted molar refractivity (Wildman–Crippen MR) is 85.0 cm³/mol. The maximum absolute atomic E-state index is 6.28. The highest BCUT2D eigenvalue weighted by atomic mass is 35.5. The number of halogens is 2. The highest BCUT2D eigenvalue weighted by molar-refractivity contribution is 7.71. The number of aromatic nitrogens is 2. The summed E-state index contributed by atoms with van der Waals surface area (Å²) < 4.78 is 7.58. The topological polar surface area (TPSA) is 29.9 Å². The number of imidazole rings is 1. The average molecular weight is 325 g/mol. The van der Waals surface area contributed by atoms with Gasteiger partial charge in [-0.05, 0) is 42.5 Å². The number of para-hydroxylation sites is 1. The van der Waals surface area contributed by atoms with E-state index in [0.717, 1.165) is 16.7 Å². The Hall–Kier alpha value is -1.49. The number of H-pyrrole nitrogens is 1. The number of aromatic amines is 1. The van der Waals surface area contributed by atoms with Crippen molar-refractivity contribution in [1.82, 2.24) is 9.55 Å². The molecule has 0 spiro atoms. The number of nitrogens with one attached hydrogen (secondary N) is 1. The maximum Gasteiger partial charge on any atom is 0.182 e. The van der Waals surface area contributed by atoms with E-state index in [1.807, 2.05) is 28.8 Å². The number of hydrogen-bond donors (Lipinski definition) is 1. The van der Waals surface area contributed by atoms with E-state index >= 15 is 0 Å². The summed E-state index contributed by atoms with van der Waals surface area (Å²) in [6, 6.07) is 11.1. The molecule has 3 rings (SSSR count). The van der Waals surface area contributed by atoms with Crippen molar-refractivity contribution < 1.29 is 4.74 Å². The first-order valence-corrected chi connectivity index (χ1v) is 7.01. The number of benzene rings is 2. The van der Waals surface area contributed by atoms with Gasteiger partial charge in [0.2, 0.25) is 0 Å². The molecular formula is C14H10Cl2N2OS. The van der Waals surface area contributed by atoms with Gasteiger partial charge in [0.25, 0.3) is 0 Å². The Morgan fingerprint density at radius 2 is 1.95 bits per heavy atom. The molecule has 0 saturated carbocycles. The number of nitrogens with zero attached hydrogens (tertiary/aromatic N) is 1. The zero-order valence-corrected chi connectivity index (χ0v) is 12.8. The van der Waals surface area contributed by atoms with Crippen LogP contribution >= 0.6 is 35.4 Å². The fourth-order valence-electron chi connectivity index (χ4n) is 2.16. The summed E-state index contributed by atoms with van der Waals surface area (Å²) in [6.45, 7) is 0.